The number of aryl methyl sites for hydroxylation is 1. The first kappa shape index (κ1) is 18.5. The van der Waals surface area contributed by atoms with Gasteiger partial charge in [0.05, 0.1) is 16.8 Å². The number of fused-ring (bicyclic) bond motifs is 1. The van der Waals surface area contributed by atoms with Crippen molar-refractivity contribution in [2.24, 2.45) is 11.8 Å². The SMILES string of the molecule is Cc1ccc2nc(-c3cncnc3)cc(C(=O)N3CC[C@@H](CC(C)C)C3)c2c1. The van der Waals surface area contributed by atoms with E-state index in [1.54, 1.807) is 12.4 Å². The minimum atomic E-state index is 0.0994. The highest BCUT2D eigenvalue weighted by atomic mass is 16.2. The Hall–Kier alpha value is -2.82. The molecule has 1 aromatic carbocycles. The Morgan fingerprint density at radius 1 is 1.21 bits per heavy atom. The van der Waals surface area contributed by atoms with Gasteiger partial charge in [0, 0.05) is 36.4 Å². The van der Waals surface area contributed by atoms with Crippen molar-refractivity contribution in [1.82, 2.24) is 19.9 Å². The summed E-state index contributed by atoms with van der Waals surface area (Å²) in [5, 5.41) is 0.915. The predicted molar refractivity (Wildman–Crippen MR) is 111 cm³/mol. The third-order valence-corrected chi connectivity index (χ3v) is 5.43. The molecule has 1 saturated heterocycles. The number of carbonyl (C=O) groups is 1. The Balaban J connectivity index is 1.74. The number of carbonyl (C=O) groups excluding carboxylic acids is 1. The van der Waals surface area contributed by atoms with Gasteiger partial charge < -0.3 is 4.90 Å². The zero-order chi connectivity index (χ0) is 19.7. The van der Waals surface area contributed by atoms with Crippen LogP contribution >= 0.6 is 0 Å². The molecule has 0 saturated carbocycles. The number of likely N-dealkylation sites (tertiary alicyclic amines) is 1. The van der Waals surface area contributed by atoms with Crippen LogP contribution in [0.1, 0.15) is 42.6 Å². The summed E-state index contributed by atoms with van der Waals surface area (Å²) in [4.78, 5) is 28.4. The molecule has 1 atom stereocenters. The van der Waals surface area contributed by atoms with Gasteiger partial charge in [-0.05, 0) is 49.8 Å². The van der Waals surface area contributed by atoms with Crippen molar-refractivity contribution in [3.63, 3.8) is 0 Å². The van der Waals surface area contributed by atoms with Crippen LogP contribution in [-0.2, 0) is 0 Å². The Kier molecular flexibility index (Phi) is 5.07. The molecule has 3 heterocycles. The van der Waals surface area contributed by atoms with Crippen molar-refractivity contribution in [1.29, 1.82) is 0 Å². The molecule has 3 aromatic rings. The minimum Gasteiger partial charge on any atom is -0.338 e. The van der Waals surface area contributed by atoms with Gasteiger partial charge in [0.1, 0.15) is 6.33 Å². The molecule has 1 amide bonds. The number of hydrogen-bond acceptors (Lipinski definition) is 4. The molecular formula is C23H26N4O. The molecule has 144 valence electrons. The van der Waals surface area contributed by atoms with E-state index in [9.17, 15) is 4.79 Å². The highest BCUT2D eigenvalue weighted by molar-refractivity contribution is 6.07. The molecule has 0 spiro atoms. The second-order valence-corrected chi connectivity index (χ2v) is 8.24. The van der Waals surface area contributed by atoms with E-state index in [0.29, 0.717) is 11.8 Å². The van der Waals surface area contributed by atoms with Gasteiger partial charge >= 0.3 is 0 Å². The lowest BCUT2D eigenvalue weighted by molar-refractivity contribution is 0.0787. The third-order valence-electron chi connectivity index (χ3n) is 5.43. The first-order valence-corrected chi connectivity index (χ1v) is 9.97. The van der Waals surface area contributed by atoms with Crippen LogP contribution in [0.4, 0.5) is 0 Å². The van der Waals surface area contributed by atoms with Crippen LogP contribution in [0.3, 0.4) is 0 Å². The van der Waals surface area contributed by atoms with E-state index in [1.807, 2.05) is 30.0 Å². The van der Waals surface area contributed by atoms with Crippen molar-refractivity contribution in [2.75, 3.05) is 13.1 Å². The second-order valence-electron chi connectivity index (χ2n) is 8.24. The molecule has 2 aromatic heterocycles. The monoisotopic (exact) mass is 374 g/mol. The summed E-state index contributed by atoms with van der Waals surface area (Å²) in [6.07, 6.45) is 7.23. The number of benzene rings is 1. The van der Waals surface area contributed by atoms with E-state index >= 15 is 0 Å². The molecule has 4 rings (SSSR count). The molecule has 0 bridgehead atoms. The number of rotatable bonds is 4. The van der Waals surface area contributed by atoms with Gasteiger partial charge in [-0.15, -0.1) is 0 Å². The van der Waals surface area contributed by atoms with Crippen molar-refractivity contribution in [2.45, 2.75) is 33.6 Å². The summed E-state index contributed by atoms with van der Waals surface area (Å²) >= 11 is 0. The Morgan fingerprint density at radius 2 is 2.00 bits per heavy atom. The second kappa shape index (κ2) is 7.66. The quantitative estimate of drug-likeness (QED) is 0.674. The molecule has 1 aliphatic heterocycles. The summed E-state index contributed by atoms with van der Waals surface area (Å²) in [6, 6.07) is 7.98. The van der Waals surface area contributed by atoms with Gasteiger partial charge in [0.25, 0.3) is 5.91 Å². The summed E-state index contributed by atoms with van der Waals surface area (Å²) in [7, 11) is 0. The highest BCUT2D eigenvalue weighted by Gasteiger charge is 2.28. The van der Waals surface area contributed by atoms with Crippen molar-refractivity contribution >= 4 is 16.8 Å². The number of nitrogens with zero attached hydrogens (tertiary/aromatic N) is 4. The lowest BCUT2D eigenvalue weighted by atomic mass is 9.97. The first-order chi connectivity index (χ1) is 13.5. The summed E-state index contributed by atoms with van der Waals surface area (Å²) in [5.41, 5.74) is 4.22. The highest BCUT2D eigenvalue weighted by Crippen LogP contribution is 2.29. The molecule has 1 aliphatic rings. The largest absolute Gasteiger partial charge is 0.338 e. The van der Waals surface area contributed by atoms with Crippen LogP contribution in [0.5, 0.6) is 0 Å². The van der Waals surface area contributed by atoms with Crippen LogP contribution in [-0.4, -0.2) is 38.8 Å². The predicted octanol–water partition coefficient (Wildman–Crippen LogP) is 4.51. The van der Waals surface area contributed by atoms with E-state index in [2.05, 4.69) is 29.9 Å². The summed E-state index contributed by atoms with van der Waals surface area (Å²) in [5.74, 6) is 1.36. The topological polar surface area (TPSA) is 59.0 Å². The molecular weight excluding hydrogens is 348 g/mol. The zero-order valence-electron chi connectivity index (χ0n) is 16.7. The lowest BCUT2D eigenvalue weighted by Gasteiger charge is -2.19. The Bertz CT molecular complexity index is 1000. The maximum absolute atomic E-state index is 13.5. The minimum absolute atomic E-state index is 0.0994. The molecule has 0 aliphatic carbocycles. The zero-order valence-corrected chi connectivity index (χ0v) is 16.7. The van der Waals surface area contributed by atoms with Crippen LogP contribution in [0.2, 0.25) is 0 Å². The molecule has 0 N–H and O–H groups in total. The van der Waals surface area contributed by atoms with Crippen molar-refractivity contribution < 1.29 is 4.79 Å². The van der Waals surface area contributed by atoms with Gasteiger partial charge in [-0.1, -0.05) is 25.5 Å². The van der Waals surface area contributed by atoms with Crippen LogP contribution in [0.25, 0.3) is 22.2 Å². The molecule has 0 radical (unpaired) electrons. The fourth-order valence-corrected chi connectivity index (χ4v) is 4.14. The van der Waals surface area contributed by atoms with Gasteiger partial charge in [-0.2, -0.15) is 0 Å². The van der Waals surface area contributed by atoms with Crippen LogP contribution in [0.15, 0.2) is 43.0 Å². The standard InChI is InChI=1S/C23H26N4O/c1-15(2)8-17-6-7-27(13-17)23(28)20-10-22(18-11-24-14-25-12-18)26-21-5-4-16(3)9-19(20)21/h4-5,9-12,14-15,17H,6-8,13H2,1-3H3/t17-/m0/s1. The first-order valence-electron chi connectivity index (χ1n) is 9.97. The number of hydrogen-bond donors (Lipinski definition) is 0. The van der Waals surface area contributed by atoms with Crippen molar-refractivity contribution in [3.8, 4) is 11.3 Å². The van der Waals surface area contributed by atoms with Gasteiger partial charge in [0.15, 0.2) is 0 Å². The summed E-state index contributed by atoms with van der Waals surface area (Å²) < 4.78 is 0. The Labute approximate surface area is 165 Å². The molecule has 1 fully saturated rings. The normalized spacial score (nSPS) is 16.9. The number of aromatic nitrogens is 3. The summed E-state index contributed by atoms with van der Waals surface area (Å²) in [6.45, 7) is 8.21. The van der Waals surface area contributed by atoms with Crippen LogP contribution in [0, 0.1) is 18.8 Å². The molecule has 28 heavy (non-hydrogen) atoms. The average molecular weight is 374 g/mol. The fourth-order valence-electron chi connectivity index (χ4n) is 4.14. The van der Waals surface area contributed by atoms with E-state index in [4.69, 9.17) is 4.98 Å². The Morgan fingerprint density at radius 3 is 2.75 bits per heavy atom. The number of pyridine rings is 1. The van der Waals surface area contributed by atoms with E-state index < -0.39 is 0 Å². The number of amides is 1. The van der Waals surface area contributed by atoms with Crippen LogP contribution < -0.4 is 0 Å². The van der Waals surface area contributed by atoms with Crippen molar-refractivity contribution in [3.05, 3.63) is 54.1 Å². The van der Waals surface area contributed by atoms with Gasteiger partial charge in [0.2, 0.25) is 0 Å². The third kappa shape index (κ3) is 3.75. The van der Waals surface area contributed by atoms with E-state index in [1.165, 1.54) is 12.7 Å². The van der Waals surface area contributed by atoms with E-state index in [-0.39, 0.29) is 5.91 Å². The maximum Gasteiger partial charge on any atom is 0.254 e. The van der Waals surface area contributed by atoms with Gasteiger partial charge in [-0.25, -0.2) is 15.0 Å². The molecule has 5 nitrogen and oxygen atoms in total. The maximum atomic E-state index is 13.5. The molecule has 5 heteroatoms. The lowest BCUT2D eigenvalue weighted by Crippen LogP contribution is -2.29. The average Bonchev–Trinajstić information content (AvgIpc) is 3.15. The van der Waals surface area contributed by atoms with Gasteiger partial charge in [-0.3, -0.25) is 4.79 Å². The van der Waals surface area contributed by atoms with E-state index in [0.717, 1.165) is 52.8 Å². The molecule has 0 unspecified atom stereocenters. The fraction of sp³-hybridized carbons (Fsp3) is 0.391. The smallest absolute Gasteiger partial charge is 0.254 e.